The SMILES string of the molecule is COc1nc2c3c(cn(C4O[C@H](CO)[C@@H](O)C4(C)O)c3n1)C(C)=CC(=S)N2. The zero-order valence-electron chi connectivity index (χ0n) is 15.0. The number of aliphatic hydroxyl groups excluding tert-OH is 2. The van der Waals surface area contributed by atoms with Crippen LogP contribution in [0.15, 0.2) is 12.3 Å². The first-order valence-corrected chi connectivity index (χ1v) is 8.81. The van der Waals surface area contributed by atoms with Crippen molar-refractivity contribution in [3.05, 3.63) is 17.8 Å². The first kappa shape index (κ1) is 18.3. The van der Waals surface area contributed by atoms with E-state index in [0.29, 0.717) is 21.8 Å². The molecule has 27 heavy (non-hydrogen) atoms. The highest BCUT2D eigenvalue weighted by Gasteiger charge is 2.53. The van der Waals surface area contributed by atoms with Gasteiger partial charge in [-0.15, -0.1) is 0 Å². The zero-order valence-corrected chi connectivity index (χ0v) is 15.8. The molecule has 4 heterocycles. The summed E-state index contributed by atoms with van der Waals surface area (Å²) >= 11 is 5.31. The van der Waals surface area contributed by atoms with Gasteiger partial charge in [-0.1, -0.05) is 12.2 Å². The highest BCUT2D eigenvalue weighted by atomic mass is 32.1. The lowest BCUT2D eigenvalue weighted by molar-refractivity contribution is -0.0948. The summed E-state index contributed by atoms with van der Waals surface area (Å²) in [6.45, 7) is 2.95. The van der Waals surface area contributed by atoms with Gasteiger partial charge in [-0.3, -0.25) is 0 Å². The fourth-order valence-corrected chi connectivity index (χ4v) is 3.88. The quantitative estimate of drug-likeness (QED) is 0.556. The molecule has 0 bridgehead atoms. The standard InChI is InChI=1S/C17H20N4O5S/c1-7-4-10(27)18-13-11-8(7)5-21(14(11)20-16(19-13)25-3)15-17(2,24)12(23)9(6-22)26-15/h4-5,9,12,15,22-24H,6H2,1-3H3,(H,18,19,20,27)/t9-,12-,15?,17?/m1/s1. The maximum Gasteiger partial charge on any atom is 0.320 e. The van der Waals surface area contributed by atoms with Gasteiger partial charge in [0, 0.05) is 11.8 Å². The molecule has 9 nitrogen and oxygen atoms in total. The van der Waals surface area contributed by atoms with Crippen molar-refractivity contribution >= 4 is 39.6 Å². The van der Waals surface area contributed by atoms with Crippen molar-refractivity contribution in [2.45, 2.75) is 37.9 Å². The third-order valence-electron chi connectivity index (χ3n) is 5.04. The van der Waals surface area contributed by atoms with E-state index in [1.807, 2.05) is 13.0 Å². The van der Waals surface area contributed by atoms with E-state index in [4.69, 9.17) is 21.7 Å². The van der Waals surface area contributed by atoms with Crippen LogP contribution in [0.4, 0.5) is 5.82 Å². The second-order valence-electron chi connectivity index (χ2n) is 6.90. The van der Waals surface area contributed by atoms with Crippen LogP contribution in [-0.4, -0.2) is 66.4 Å². The summed E-state index contributed by atoms with van der Waals surface area (Å²) < 4.78 is 12.6. The fraction of sp³-hybridized carbons (Fsp3) is 0.471. The molecule has 2 unspecified atom stereocenters. The number of nitrogens with zero attached hydrogens (tertiary/aromatic N) is 3. The third kappa shape index (κ3) is 2.64. The van der Waals surface area contributed by atoms with Crippen molar-refractivity contribution in [1.82, 2.24) is 14.5 Å². The Morgan fingerprint density at radius 3 is 2.81 bits per heavy atom. The Kier molecular flexibility index (Phi) is 4.20. The van der Waals surface area contributed by atoms with Crippen LogP contribution in [0.2, 0.25) is 0 Å². The van der Waals surface area contributed by atoms with Crippen molar-refractivity contribution < 1.29 is 24.8 Å². The molecule has 4 atom stereocenters. The number of thiocarbonyl (C=S) groups is 1. The van der Waals surface area contributed by atoms with Crippen LogP contribution in [0.1, 0.15) is 25.6 Å². The minimum absolute atomic E-state index is 0.121. The van der Waals surface area contributed by atoms with Crippen LogP contribution >= 0.6 is 12.2 Å². The van der Waals surface area contributed by atoms with E-state index >= 15 is 0 Å². The number of methoxy groups -OCH3 is 1. The van der Waals surface area contributed by atoms with E-state index in [9.17, 15) is 15.3 Å². The normalized spacial score (nSPS) is 30.2. The smallest absolute Gasteiger partial charge is 0.320 e. The monoisotopic (exact) mass is 392 g/mol. The van der Waals surface area contributed by atoms with E-state index in [1.54, 1.807) is 10.8 Å². The lowest BCUT2D eigenvalue weighted by Gasteiger charge is -2.27. The Hall–Kier alpha value is -2.11. The maximum absolute atomic E-state index is 10.9. The molecule has 4 rings (SSSR count). The predicted octanol–water partition coefficient (Wildman–Crippen LogP) is 0.598. The lowest BCUT2D eigenvalue weighted by Crippen LogP contribution is -2.44. The molecule has 2 aliphatic rings. The summed E-state index contributed by atoms with van der Waals surface area (Å²) in [6, 6.07) is 0.121. The number of hydrogen-bond acceptors (Lipinski definition) is 8. The Morgan fingerprint density at radius 2 is 2.19 bits per heavy atom. The summed E-state index contributed by atoms with van der Waals surface area (Å²) in [4.78, 5) is 9.29. The summed E-state index contributed by atoms with van der Waals surface area (Å²) in [6.07, 6.45) is 0.445. The number of ether oxygens (including phenoxy) is 2. The topological polar surface area (TPSA) is 122 Å². The molecule has 10 heteroatoms. The molecule has 144 valence electrons. The van der Waals surface area contributed by atoms with Crippen molar-refractivity contribution in [1.29, 1.82) is 0 Å². The molecular formula is C17H20N4O5S. The molecule has 0 amide bonds. The van der Waals surface area contributed by atoms with E-state index in [-0.39, 0.29) is 6.01 Å². The van der Waals surface area contributed by atoms with Gasteiger partial charge in [0.1, 0.15) is 28.6 Å². The van der Waals surface area contributed by atoms with Gasteiger partial charge in [-0.2, -0.15) is 9.97 Å². The van der Waals surface area contributed by atoms with Gasteiger partial charge in [-0.25, -0.2) is 0 Å². The van der Waals surface area contributed by atoms with Crippen LogP contribution in [0, 0.1) is 0 Å². The second-order valence-corrected chi connectivity index (χ2v) is 7.34. The Balaban J connectivity index is 1.98. The van der Waals surface area contributed by atoms with Crippen LogP contribution in [0.3, 0.4) is 0 Å². The minimum Gasteiger partial charge on any atom is -0.467 e. The predicted molar refractivity (Wildman–Crippen MR) is 102 cm³/mol. The molecule has 2 aromatic heterocycles. The molecular weight excluding hydrogens is 372 g/mol. The third-order valence-corrected chi connectivity index (χ3v) is 5.26. The molecule has 0 spiro atoms. The molecule has 2 aromatic rings. The average Bonchev–Trinajstić information content (AvgIpc) is 3.06. The first-order chi connectivity index (χ1) is 12.8. The fourth-order valence-electron chi connectivity index (χ4n) is 3.61. The van der Waals surface area contributed by atoms with Gasteiger partial charge in [0.25, 0.3) is 0 Å². The number of aromatic nitrogens is 3. The van der Waals surface area contributed by atoms with E-state index in [0.717, 1.165) is 11.1 Å². The van der Waals surface area contributed by atoms with E-state index in [2.05, 4.69) is 15.3 Å². The molecule has 4 N–H and O–H groups in total. The molecule has 0 aromatic carbocycles. The summed E-state index contributed by atoms with van der Waals surface area (Å²) in [5, 5.41) is 34.4. The van der Waals surface area contributed by atoms with Crippen LogP contribution in [-0.2, 0) is 4.74 Å². The lowest BCUT2D eigenvalue weighted by atomic mass is 9.96. The molecule has 0 saturated carbocycles. The highest BCUT2D eigenvalue weighted by molar-refractivity contribution is 7.81. The van der Waals surface area contributed by atoms with Crippen LogP contribution in [0.25, 0.3) is 16.6 Å². The number of anilines is 1. The van der Waals surface area contributed by atoms with Crippen LogP contribution < -0.4 is 10.1 Å². The van der Waals surface area contributed by atoms with Crippen molar-refractivity contribution in [2.75, 3.05) is 19.0 Å². The van der Waals surface area contributed by atoms with Crippen molar-refractivity contribution in [3.63, 3.8) is 0 Å². The first-order valence-electron chi connectivity index (χ1n) is 8.41. The number of allylic oxidation sites excluding steroid dienone is 1. The number of nitrogens with one attached hydrogen (secondary N) is 1. The number of rotatable bonds is 3. The van der Waals surface area contributed by atoms with Gasteiger partial charge in [0.2, 0.25) is 0 Å². The highest BCUT2D eigenvalue weighted by Crippen LogP contribution is 2.43. The summed E-state index contributed by atoms with van der Waals surface area (Å²) in [7, 11) is 1.45. The maximum atomic E-state index is 10.9. The summed E-state index contributed by atoms with van der Waals surface area (Å²) in [5.41, 5.74) is 0.518. The van der Waals surface area contributed by atoms with Gasteiger partial charge < -0.3 is 34.7 Å². The molecule has 1 fully saturated rings. The van der Waals surface area contributed by atoms with Gasteiger partial charge in [0.05, 0.1) is 19.1 Å². The molecule has 2 aliphatic heterocycles. The van der Waals surface area contributed by atoms with Crippen LogP contribution in [0.5, 0.6) is 6.01 Å². The number of aliphatic hydroxyl groups is 3. The molecule has 1 saturated heterocycles. The second kappa shape index (κ2) is 6.21. The minimum atomic E-state index is -1.64. The average molecular weight is 392 g/mol. The van der Waals surface area contributed by atoms with Crippen molar-refractivity contribution in [2.24, 2.45) is 0 Å². The van der Waals surface area contributed by atoms with Gasteiger partial charge >= 0.3 is 6.01 Å². The van der Waals surface area contributed by atoms with Gasteiger partial charge in [-0.05, 0) is 25.5 Å². The van der Waals surface area contributed by atoms with Gasteiger partial charge in [0.15, 0.2) is 11.9 Å². The van der Waals surface area contributed by atoms with Crippen molar-refractivity contribution in [3.8, 4) is 6.01 Å². The molecule has 0 radical (unpaired) electrons. The Bertz CT molecular complexity index is 970. The Morgan fingerprint density at radius 1 is 1.44 bits per heavy atom. The van der Waals surface area contributed by atoms with E-state index in [1.165, 1.54) is 14.0 Å². The summed E-state index contributed by atoms with van der Waals surface area (Å²) in [5.74, 6) is 0.487. The zero-order chi connectivity index (χ0) is 19.5. The van der Waals surface area contributed by atoms with E-state index < -0.39 is 30.6 Å². The number of hydrogen-bond donors (Lipinski definition) is 4. The molecule has 0 aliphatic carbocycles. The largest absolute Gasteiger partial charge is 0.467 e. The Labute approximate surface area is 160 Å².